The topological polar surface area (TPSA) is 59.6 Å². The fourth-order valence-corrected chi connectivity index (χ4v) is 2.85. The van der Waals surface area contributed by atoms with E-state index in [-0.39, 0.29) is 5.91 Å². The molecule has 2 aromatic rings. The van der Waals surface area contributed by atoms with Crippen molar-refractivity contribution in [1.29, 1.82) is 0 Å². The molecule has 1 heterocycles. The maximum absolute atomic E-state index is 12.0. The molecule has 0 bridgehead atoms. The zero-order chi connectivity index (χ0) is 16.9. The van der Waals surface area contributed by atoms with Gasteiger partial charge in [-0.05, 0) is 30.3 Å². The zero-order valence-corrected chi connectivity index (χ0v) is 14.3. The highest BCUT2D eigenvalue weighted by Crippen LogP contribution is 2.32. The van der Waals surface area contributed by atoms with Gasteiger partial charge >= 0.3 is 0 Å². The molecule has 0 fully saturated rings. The molecular formula is C17H16Cl2N2O3. The van der Waals surface area contributed by atoms with Crippen LogP contribution < -0.4 is 20.1 Å². The largest absolute Gasteiger partial charge is 0.486 e. The molecule has 2 aromatic carbocycles. The lowest BCUT2D eigenvalue weighted by Gasteiger charge is -2.19. The van der Waals surface area contributed by atoms with Crippen LogP contribution in [-0.2, 0) is 4.79 Å². The molecule has 0 aromatic heterocycles. The number of ether oxygens (including phenoxy) is 2. The van der Waals surface area contributed by atoms with E-state index in [4.69, 9.17) is 32.7 Å². The monoisotopic (exact) mass is 366 g/mol. The van der Waals surface area contributed by atoms with Gasteiger partial charge in [0.2, 0.25) is 5.91 Å². The lowest BCUT2D eigenvalue weighted by atomic mass is 10.2. The van der Waals surface area contributed by atoms with Crippen LogP contribution in [0.25, 0.3) is 0 Å². The Morgan fingerprint density at radius 1 is 0.958 bits per heavy atom. The molecule has 5 nitrogen and oxygen atoms in total. The van der Waals surface area contributed by atoms with Gasteiger partial charge in [0, 0.05) is 40.5 Å². The zero-order valence-electron chi connectivity index (χ0n) is 12.8. The van der Waals surface area contributed by atoms with E-state index in [1.54, 1.807) is 36.4 Å². The van der Waals surface area contributed by atoms with Crippen LogP contribution in [0.15, 0.2) is 36.4 Å². The van der Waals surface area contributed by atoms with E-state index in [0.29, 0.717) is 53.4 Å². The van der Waals surface area contributed by atoms with Crippen molar-refractivity contribution in [3.63, 3.8) is 0 Å². The highest BCUT2D eigenvalue weighted by Gasteiger charge is 2.12. The molecular weight excluding hydrogens is 351 g/mol. The van der Waals surface area contributed by atoms with Crippen LogP contribution in [0.5, 0.6) is 11.5 Å². The Balaban J connectivity index is 1.50. The third-order valence-electron chi connectivity index (χ3n) is 3.37. The second-order valence-corrected chi connectivity index (χ2v) is 6.11. The van der Waals surface area contributed by atoms with Crippen molar-refractivity contribution in [2.45, 2.75) is 6.42 Å². The van der Waals surface area contributed by atoms with Crippen molar-refractivity contribution in [3.05, 3.63) is 46.4 Å². The molecule has 0 unspecified atom stereocenters. The molecule has 1 aliphatic rings. The number of benzene rings is 2. The third kappa shape index (κ3) is 4.46. The average Bonchev–Trinajstić information content (AvgIpc) is 2.54. The number of hydrogen-bond acceptors (Lipinski definition) is 4. The summed E-state index contributed by atoms with van der Waals surface area (Å²) in [5, 5.41) is 7.05. The van der Waals surface area contributed by atoms with Gasteiger partial charge in [0.05, 0.1) is 0 Å². The van der Waals surface area contributed by atoms with Crippen LogP contribution in [-0.4, -0.2) is 25.7 Å². The van der Waals surface area contributed by atoms with Gasteiger partial charge in [-0.1, -0.05) is 23.2 Å². The van der Waals surface area contributed by atoms with Crippen molar-refractivity contribution in [1.82, 2.24) is 0 Å². The molecule has 0 aliphatic carbocycles. The Labute approximate surface area is 149 Å². The highest BCUT2D eigenvalue weighted by atomic mass is 35.5. The van der Waals surface area contributed by atoms with Crippen LogP contribution in [0.1, 0.15) is 6.42 Å². The van der Waals surface area contributed by atoms with Crippen molar-refractivity contribution < 1.29 is 14.3 Å². The molecule has 2 N–H and O–H groups in total. The lowest BCUT2D eigenvalue weighted by Crippen LogP contribution is -2.18. The average molecular weight is 367 g/mol. The fraction of sp³-hybridized carbons (Fsp3) is 0.235. The van der Waals surface area contributed by atoms with Gasteiger partial charge in [-0.3, -0.25) is 4.79 Å². The van der Waals surface area contributed by atoms with E-state index >= 15 is 0 Å². The van der Waals surface area contributed by atoms with Gasteiger partial charge in [0.25, 0.3) is 0 Å². The Morgan fingerprint density at radius 2 is 1.67 bits per heavy atom. The number of amides is 1. The predicted molar refractivity (Wildman–Crippen MR) is 95.6 cm³/mol. The summed E-state index contributed by atoms with van der Waals surface area (Å²) in [4.78, 5) is 12.0. The van der Waals surface area contributed by atoms with E-state index in [9.17, 15) is 4.79 Å². The second-order valence-electron chi connectivity index (χ2n) is 5.24. The van der Waals surface area contributed by atoms with Crippen molar-refractivity contribution in [3.8, 4) is 11.5 Å². The van der Waals surface area contributed by atoms with Gasteiger partial charge in [-0.15, -0.1) is 0 Å². The van der Waals surface area contributed by atoms with Crippen LogP contribution in [0, 0.1) is 0 Å². The SMILES string of the molecule is O=C(CCNc1cc(Cl)cc(Cl)c1)Nc1ccc2c(c1)OCCO2. The first-order valence-corrected chi connectivity index (χ1v) is 8.25. The Morgan fingerprint density at radius 3 is 2.42 bits per heavy atom. The first-order valence-electron chi connectivity index (χ1n) is 7.49. The summed E-state index contributed by atoms with van der Waals surface area (Å²) < 4.78 is 10.9. The molecule has 0 saturated carbocycles. The van der Waals surface area contributed by atoms with Gasteiger partial charge in [0.15, 0.2) is 11.5 Å². The van der Waals surface area contributed by atoms with Gasteiger partial charge in [0.1, 0.15) is 13.2 Å². The summed E-state index contributed by atoms with van der Waals surface area (Å²) in [5.74, 6) is 1.23. The standard InChI is InChI=1S/C17H16Cl2N2O3/c18-11-7-12(19)9-14(8-11)20-4-3-17(22)21-13-1-2-15-16(10-13)24-6-5-23-15/h1-2,7-10,20H,3-6H2,(H,21,22). The smallest absolute Gasteiger partial charge is 0.226 e. The van der Waals surface area contributed by atoms with Crippen molar-refractivity contribution >= 4 is 40.5 Å². The summed E-state index contributed by atoms with van der Waals surface area (Å²) in [5.41, 5.74) is 1.45. The van der Waals surface area contributed by atoms with Crippen molar-refractivity contribution in [2.24, 2.45) is 0 Å². The van der Waals surface area contributed by atoms with E-state index < -0.39 is 0 Å². The van der Waals surface area contributed by atoms with E-state index in [1.165, 1.54) is 0 Å². The van der Waals surface area contributed by atoms with E-state index in [1.807, 2.05) is 0 Å². The molecule has 126 valence electrons. The number of rotatable bonds is 5. The summed E-state index contributed by atoms with van der Waals surface area (Å²) in [6, 6.07) is 10.5. The predicted octanol–water partition coefficient (Wildman–Crippen LogP) is 4.21. The molecule has 3 rings (SSSR count). The molecule has 24 heavy (non-hydrogen) atoms. The van der Waals surface area contributed by atoms with Crippen LogP contribution >= 0.6 is 23.2 Å². The number of hydrogen-bond donors (Lipinski definition) is 2. The quantitative estimate of drug-likeness (QED) is 0.832. The van der Waals surface area contributed by atoms with Gasteiger partial charge < -0.3 is 20.1 Å². The maximum atomic E-state index is 12.0. The minimum atomic E-state index is -0.104. The van der Waals surface area contributed by atoms with Crippen LogP contribution in [0.4, 0.5) is 11.4 Å². The van der Waals surface area contributed by atoms with Crippen molar-refractivity contribution in [2.75, 3.05) is 30.4 Å². The third-order valence-corrected chi connectivity index (χ3v) is 3.81. The minimum Gasteiger partial charge on any atom is -0.486 e. The van der Waals surface area contributed by atoms with Gasteiger partial charge in [-0.2, -0.15) is 0 Å². The summed E-state index contributed by atoms with van der Waals surface area (Å²) in [6.45, 7) is 1.52. The summed E-state index contributed by atoms with van der Waals surface area (Å²) in [6.07, 6.45) is 0.304. The molecule has 1 aliphatic heterocycles. The number of carbonyl (C=O) groups excluding carboxylic acids is 1. The molecule has 0 saturated heterocycles. The summed E-state index contributed by atoms with van der Waals surface area (Å²) in [7, 11) is 0. The van der Waals surface area contributed by atoms with E-state index in [0.717, 1.165) is 5.69 Å². The van der Waals surface area contributed by atoms with Crippen LogP contribution in [0.3, 0.4) is 0 Å². The fourth-order valence-electron chi connectivity index (χ4n) is 2.32. The lowest BCUT2D eigenvalue weighted by molar-refractivity contribution is -0.115. The normalized spacial score (nSPS) is 12.6. The Hall–Kier alpha value is -2.11. The number of fused-ring (bicyclic) bond motifs is 1. The maximum Gasteiger partial charge on any atom is 0.226 e. The van der Waals surface area contributed by atoms with E-state index in [2.05, 4.69) is 10.6 Å². The Bertz CT molecular complexity index is 732. The Kier molecular flexibility index (Phi) is 5.33. The molecule has 0 spiro atoms. The molecule has 7 heteroatoms. The summed E-state index contributed by atoms with van der Waals surface area (Å²) >= 11 is 11.9. The first kappa shape index (κ1) is 16.7. The molecule has 0 atom stereocenters. The highest BCUT2D eigenvalue weighted by molar-refractivity contribution is 6.35. The van der Waals surface area contributed by atoms with Crippen LogP contribution in [0.2, 0.25) is 10.0 Å². The minimum absolute atomic E-state index is 0.104. The number of halogens is 2. The number of carbonyl (C=O) groups is 1. The molecule has 1 amide bonds. The number of anilines is 2. The van der Waals surface area contributed by atoms with Gasteiger partial charge in [-0.25, -0.2) is 0 Å². The second kappa shape index (κ2) is 7.64. The number of nitrogens with one attached hydrogen (secondary N) is 2. The molecule has 0 radical (unpaired) electrons. The first-order chi connectivity index (χ1) is 11.6.